The van der Waals surface area contributed by atoms with E-state index in [1.165, 1.54) is 40.5 Å². The average Bonchev–Trinajstić information content (AvgIpc) is 3.47. The summed E-state index contributed by atoms with van der Waals surface area (Å²) >= 11 is 1.27. The molecule has 3 aromatic carbocycles. The number of nitro benzene ring substituents is 1. The van der Waals surface area contributed by atoms with Gasteiger partial charge in [0.25, 0.3) is 11.5 Å². The van der Waals surface area contributed by atoms with E-state index in [1.807, 2.05) is 26.0 Å². The molecule has 0 spiro atoms. The number of hydrogen-bond acceptors (Lipinski definition) is 8. The number of anilines is 1. The molecule has 40 heavy (non-hydrogen) atoms. The van der Waals surface area contributed by atoms with Gasteiger partial charge >= 0.3 is 5.91 Å². The number of Topliss-reactive ketones (excluding diaryl/α,β-unsaturated/α-hetero) is 1. The fourth-order valence-corrected chi connectivity index (χ4v) is 5.98. The van der Waals surface area contributed by atoms with Crippen LogP contribution in [0.25, 0.3) is 16.0 Å². The molecule has 4 aromatic rings. The standard InChI is InChI=1S/C30H27N3O6S/c1-4-5-13-39-22-8-6-7-20(16-22)27(34)24-26(19-9-11-21(12-10-19)33(37)38)32(29(36)28(24)35)30-31-25-18(3)14-17(2)15-23(25)40-30/h6-12,14-16,26,34H,4-5,13H2,1-3H3. The Morgan fingerprint density at radius 3 is 2.58 bits per heavy atom. The number of aryl methyl sites for hydroxylation is 2. The minimum atomic E-state index is -1.05. The summed E-state index contributed by atoms with van der Waals surface area (Å²) in [5, 5.41) is 23.0. The number of carbonyl (C=O) groups excluding carboxylic acids is 2. The van der Waals surface area contributed by atoms with Crippen LogP contribution in [0.15, 0.2) is 66.2 Å². The largest absolute Gasteiger partial charge is 0.507 e. The second-order valence-corrected chi connectivity index (χ2v) is 10.7. The van der Waals surface area contributed by atoms with Gasteiger partial charge in [-0.2, -0.15) is 0 Å². The summed E-state index contributed by atoms with van der Waals surface area (Å²) in [6.45, 7) is 6.45. The Morgan fingerprint density at radius 2 is 1.88 bits per heavy atom. The van der Waals surface area contributed by atoms with Crippen LogP contribution in [0.3, 0.4) is 0 Å². The second kappa shape index (κ2) is 10.9. The molecule has 9 nitrogen and oxygen atoms in total. The number of carbonyl (C=O) groups is 2. The summed E-state index contributed by atoms with van der Waals surface area (Å²) in [6, 6.07) is 15.2. The SMILES string of the molecule is CCCCOc1cccc(C(O)=C2C(=O)C(=O)N(c3nc4c(C)cc(C)cc4s3)C2c2ccc([N+](=O)[O-])cc2)c1. The third-order valence-corrected chi connectivity index (χ3v) is 7.76. The molecule has 204 valence electrons. The van der Waals surface area contributed by atoms with Gasteiger partial charge in [-0.05, 0) is 67.3 Å². The van der Waals surface area contributed by atoms with E-state index in [4.69, 9.17) is 9.72 Å². The highest BCUT2D eigenvalue weighted by atomic mass is 32.1. The maximum atomic E-state index is 13.5. The molecule has 5 rings (SSSR count). The van der Waals surface area contributed by atoms with E-state index in [2.05, 4.69) is 6.92 Å². The van der Waals surface area contributed by atoms with Crippen LogP contribution in [0.5, 0.6) is 5.75 Å². The van der Waals surface area contributed by atoms with Crippen molar-refractivity contribution in [1.82, 2.24) is 4.98 Å². The normalized spacial score (nSPS) is 16.6. The minimum absolute atomic E-state index is 0.128. The number of aliphatic hydroxyl groups is 1. The third-order valence-electron chi connectivity index (χ3n) is 6.76. The third kappa shape index (κ3) is 4.93. The van der Waals surface area contributed by atoms with Crippen molar-refractivity contribution in [2.24, 2.45) is 0 Å². The first kappa shape index (κ1) is 27.0. The number of benzene rings is 3. The van der Waals surface area contributed by atoms with Gasteiger partial charge in [-0.15, -0.1) is 0 Å². The van der Waals surface area contributed by atoms with Crippen molar-refractivity contribution in [3.05, 3.63) is 98.6 Å². The fraction of sp³-hybridized carbons (Fsp3) is 0.233. The number of non-ortho nitro benzene ring substituents is 1. The summed E-state index contributed by atoms with van der Waals surface area (Å²) < 4.78 is 6.63. The summed E-state index contributed by atoms with van der Waals surface area (Å²) in [7, 11) is 0. The first-order valence-electron chi connectivity index (χ1n) is 12.9. The highest BCUT2D eigenvalue weighted by Crippen LogP contribution is 2.45. The number of ether oxygens (including phenoxy) is 1. The van der Waals surface area contributed by atoms with Crippen molar-refractivity contribution in [3.63, 3.8) is 0 Å². The van der Waals surface area contributed by atoms with Gasteiger partial charge in [0, 0.05) is 17.7 Å². The highest BCUT2D eigenvalue weighted by Gasteiger charge is 2.48. The van der Waals surface area contributed by atoms with Crippen molar-refractivity contribution in [2.75, 3.05) is 11.5 Å². The molecule has 0 aliphatic carbocycles. The number of fused-ring (bicyclic) bond motifs is 1. The van der Waals surface area contributed by atoms with Crippen LogP contribution in [0.2, 0.25) is 0 Å². The Morgan fingerprint density at radius 1 is 1.12 bits per heavy atom. The van der Waals surface area contributed by atoms with Crippen LogP contribution in [0.4, 0.5) is 10.8 Å². The molecule has 2 heterocycles. The van der Waals surface area contributed by atoms with Gasteiger partial charge < -0.3 is 9.84 Å². The molecule has 10 heteroatoms. The van der Waals surface area contributed by atoms with Crippen LogP contribution in [-0.4, -0.2) is 33.3 Å². The molecular weight excluding hydrogens is 530 g/mol. The molecule has 1 aliphatic heterocycles. The molecule has 1 aliphatic rings. The number of ketones is 1. The zero-order valence-electron chi connectivity index (χ0n) is 22.2. The van der Waals surface area contributed by atoms with E-state index < -0.39 is 22.7 Å². The second-order valence-electron chi connectivity index (χ2n) is 9.67. The summed E-state index contributed by atoms with van der Waals surface area (Å²) in [5.74, 6) is -1.55. The number of nitro groups is 1. The van der Waals surface area contributed by atoms with Gasteiger partial charge in [-0.25, -0.2) is 4.98 Å². The van der Waals surface area contributed by atoms with E-state index in [0.29, 0.717) is 34.1 Å². The number of unbranched alkanes of at least 4 members (excludes halogenated alkanes) is 1. The van der Waals surface area contributed by atoms with Gasteiger partial charge in [0.15, 0.2) is 5.13 Å². The number of aromatic nitrogens is 1. The lowest BCUT2D eigenvalue weighted by atomic mass is 9.95. The van der Waals surface area contributed by atoms with Crippen molar-refractivity contribution in [1.29, 1.82) is 0 Å². The maximum absolute atomic E-state index is 13.5. The van der Waals surface area contributed by atoms with Crippen molar-refractivity contribution in [2.45, 2.75) is 39.7 Å². The van der Waals surface area contributed by atoms with Crippen LogP contribution in [-0.2, 0) is 9.59 Å². The zero-order valence-corrected chi connectivity index (χ0v) is 23.0. The molecule has 0 saturated carbocycles. The molecule has 1 saturated heterocycles. The van der Waals surface area contributed by atoms with E-state index in [9.17, 15) is 24.8 Å². The molecule has 1 fully saturated rings. The predicted octanol–water partition coefficient (Wildman–Crippen LogP) is 6.63. The number of rotatable bonds is 8. The lowest BCUT2D eigenvalue weighted by Gasteiger charge is -2.23. The molecule has 1 atom stereocenters. The number of amides is 1. The summed E-state index contributed by atoms with van der Waals surface area (Å²) in [5.41, 5.74) is 3.16. The van der Waals surface area contributed by atoms with Gasteiger partial charge in [0.2, 0.25) is 0 Å². The van der Waals surface area contributed by atoms with Crippen LogP contribution in [0, 0.1) is 24.0 Å². The lowest BCUT2D eigenvalue weighted by molar-refractivity contribution is -0.384. The van der Waals surface area contributed by atoms with Gasteiger partial charge in [0.05, 0.1) is 33.4 Å². The monoisotopic (exact) mass is 557 g/mol. The fourth-order valence-electron chi connectivity index (χ4n) is 4.81. The van der Waals surface area contributed by atoms with Gasteiger partial charge in [0.1, 0.15) is 11.5 Å². The van der Waals surface area contributed by atoms with E-state index >= 15 is 0 Å². The number of hydrogen-bond donors (Lipinski definition) is 1. The average molecular weight is 558 g/mol. The van der Waals surface area contributed by atoms with Crippen molar-refractivity contribution in [3.8, 4) is 5.75 Å². The highest BCUT2D eigenvalue weighted by molar-refractivity contribution is 7.22. The van der Waals surface area contributed by atoms with Crippen molar-refractivity contribution < 1.29 is 24.4 Å². The zero-order chi connectivity index (χ0) is 28.6. The first-order valence-corrected chi connectivity index (χ1v) is 13.7. The Kier molecular flexibility index (Phi) is 7.36. The molecule has 1 unspecified atom stereocenters. The number of aliphatic hydroxyl groups excluding tert-OH is 1. The Hall–Kier alpha value is -4.57. The summed E-state index contributed by atoms with van der Waals surface area (Å²) in [4.78, 5) is 43.8. The maximum Gasteiger partial charge on any atom is 0.301 e. The molecular formula is C30H27N3O6S. The Balaban J connectivity index is 1.67. The molecule has 0 bridgehead atoms. The first-order chi connectivity index (χ1) is 19.2. The van der Waals surface area contributed by atoms with Crippen LogP contribution >= 0.6 is 11.3 Å². The predicted molar refractivity (Wildman–Crippen MR) is 154 cm³/mol. The minimum Gasteiger partial charge on any atom is -0.507 e. The van der Waals surface area contributed by atoms with Crippen LogP contribution in [0.1, 0.15) is 48.1 Å². The quantitative estimate of drug-likeness (QED) is 0.0644. The lowest BCUT2D eigenvalue weighted by Crippen LogP contribution is -2.29. The van der Waals surface area contributed by atoms with Gasteiger partial charge in [-0.3, -0.25) is 24.6 Å². The summed E-state index contributed by atoms with van der Waals surface area (Å²) in [6.07, 6.45) is 1.83. The van der Waals surface area contributed by atoms with Crippen molar-refractivity contribution >= 4 is 49.8 Å². The molecule has 1 amide bonds. The molecule has 0 radical (unpaired) electrons. The van der Waals surface area contributed by atoms with E-state index in [-0.39, 0.29) is 17.0 Å². The van der Waals surface area contributed by atoms with Gasteiger partial charge in [-0.1, -0.05) is 42.9 Å². The smallest absolute Gasteiger partial charge is 0.301 e. The topological polar surface area (TPSA) is 123 Å². The van der Waals surface area contributed by atoms with E-state index in [0.717, 1.165) is 28.7 Å². The van der Waals surface area contributed by atoms with E-state index in [1.54, 1.807) is 24.3 Å². The Labute approximate surface area is 234 Å². The molecule has 1 N–H and O–H groups in total. The molecule has 1 aromatic heterocycles. The number of thiazole rings is 1. The number of nitrogens with zero attached hydrogens (tertiary/aromatic N) is 3. The Bertz CT molecular complexity index is 1670. The van der Waals surface area contributed by atoms with Crippen LogP contribution < -0.4 is 9.64 Å².